The number of hydrogen-bond acceptors (Lipinski definition) is 16. The predicted octanol–water partition coefficient (Wildman–Crippen LogP) is 9.41. The average molecular weight is 1100 g/mol. The Labute approximate surface area is 442 Å². The van der Waals surface area contributed by atoms with Crippen molar-refractivity contribution in [3.05, 3.63) is 95.5 Å². The number of halogens is 6. The van der Waals surface area contributed by atoms with Gasteiger partial charge in [-0.1, -0.05) is 68.2 Å². The number of amides is 4. The number of unbranched alkanes of at least 4 members (excludes halogenated alkanes) is 1. The highest BCUT2D eigenvalue weighted by Gasteiger charge is 2.40. The third-order valence-corrected chi connectivity index (χ3v) is 12.2. The van der Waals surface area contributed by atoms with E-state index in [0.29, 0.717) is 12.8 Å². The molecule has 0 radical (unpaired) electrons. The maximum atomic E-state index is 14.4. The standard InChI is InChI=1S/C50H60F6N12O10/c1-9-10-11-31(35(69)39(71)61-33-20-22-57-63-33)59-45(73)76-38(48(6,7)8)44-68-66-42(78-44)29-18-17-28(50(54,55)56)24-30(29)25(2)12-19-32(36(70)40(72)62-34-21-23-58-64-34)60-46(74)75-37(47(3,4)5)43-67-65-41(77-43)26-13-15-27(16-14-26)49(51,52)53/h13-18,20-25,31-32,35-38,69-70H,9-12,19H2,1-8H3,(H,59,73)(H,60,74)(H2,57,61,63,71)(H2,58,62,64,72)/t25?,31-,32-,35-,36+,37-,38-/m0/s1. The van der Waals surface area contributed by atoms with Gasteiger partial charge in [0.15, 0.2) is 24.4 Å². The van der Waals surface area contributed by atoms with Gasteiger partial charge in [0.2, 0.25) is 11.8 Å². The van der Waals surface area contributed by atoms with Crippen molar-refractivity contribution < 1.29 is 74.0 Å². The lowest BCUT2D eigenvalue weighted by molar-refractivity contribution is -0.138. The number of aromatic nitrogens is 8. The molecule has 28 heteroatoms. The van der Waals surface area contributed by atoms with Crippen LogP contribution in [0, 0.1) is 10.8 Å². The molecule has 6 rings (SSSR count). The summed E-state index contributed by atoms with van der Waals surface area (Å²) in [5.74, 6) is -3.43. The lowest BCUT2D eigenvalue weighted by Crippen LogP contribution is -2.49. The molecule has 0 fully saturated rings. The number of alkyl carbamates (subject to hydrolysis) is 2. The van der Waals surface area contributed by atoms with Gasteiger partial charge in [-0.2, -0.15) is 36.5 Å². The zero-order valence-electron chi connectivity index (χ0n) is 43.5. The van der Waals surface area contributed by atoms with Gasteiger partial charge in [-0.05, 0) is 73.2 Å². The third kappa shape index (κ3) is 15.6. The number of alkyl halides is 6. The molecule has 7 atom stereocenters. The van der Waals surface area contributed by atoms with Gasteiger partial charge in [-0.25, -0.2) is 9.59 Å². The highest BCUT2D eigenvalue weighted by atomic mass is 19.4. The van der Waals surface area contributed by atoms with Gasteiger partial charge in [0.1, 0.15) is 11.6 Å². The predicted molar refractivity (Wildman–Crippen MR) is 264 cm³/mol. The van der Waals surface area contributed by atoms with Crippen molar-refractivity contribution in [2.75, 3.05) is 10.6 Å². The van der Waals surface area contributed by atoms with Crippen LogP contribution in [0.4, 0.5) is 47.6 Å². The lowest BCUT2D eigenvalue weighted by atomic mass is 9.88. The Morgan fingerprint density at radius 2 is 1.09 bits per heavy atom. The molecule has 0 aliphatic heterocycles. The third-order valence-electron chi connectivity index (χ3n) is 12.2. The second-order valence-corrected chi connectivity index (χ2v) is 20.5. The van der Waals surface area contributed by atoms with E-state index < -0.39 is 101 Å². The Morgan fingerprint density at radius 3 is 1.54 bits per heavy atom. The normalized spacial score (nSPS) is 15.0. The largest absolute Gasteiger partial charge is 0.436 e. The number of aromatic amines is 2. The maximum absolute atomic E-state index is 14.4. The molecule has 8 N–H and O–H groups in total. The van der Waals surface area contributed by atoms with E-state index in [1.807, 2.05) is 6.92 Å². The van der Waals surface area contributed by atoms with Gasteiger partial charge < -0.3 is 49.8 Å². The Hall–Kier alpha value is -7.88. The molecule has 2 aromatic carbocycles. The van der Waals surface area contributed by atoms with E-state index in [0.717, 1.165) is 42.5 Å². The zero-order chi connectivity index (χ0) is 57.3. The quantitative estimate of drug-likeness (QED) is 0.0311. The van der Waals surface area contributed by atoms with E-state index in [9.17, 15) is 55.7 Å². The number of nitrogens with one attached hydrogen (secondary N) is 6. The smallest absolute Gasteiger partial charge is 0.416 e. The number of ether oxygens (including phenoxy) is 2. The number of anilines is 2. The molecule has 422 valence electrons. The van der Waals surface area contributed by atoms with Crippen LogP contribution in [-0.4, -0.2) is 99.3 Å². The first-order chi connectivity index (χ1) is 36.5. The summed E-state index contributed by atoms with van der Waals surface area (Å²) in [6.45, 7) is 13.4. The van der Waals surface area contributed by atoms with E-state index in [4.69, 9.17) is 18.3 Å². The zero-order valence-corrected chi connectivity index (χ0v) is 43.5. The molecule has 4 heterocycles. The van der Waals surface area contributed by atoms with E-state index in [1.54, 1.807) is 48.5 Å². The topological polar surface area (TPSA) is 311 Å². The second-order valence-electron chi connectivity index (χ2n) is 20.5. The van der Waals surface area contributed by atoms with Gasteiger partial charge in [0, 0.05) is 34.1 Å². The Morgan fingerprint density at radius 1 is 0.628 bits per heavy atom. The summed E-state index contributed by atoms with van der Waals surface area (Å²) in [7, 11) is 0. The first kappa shape index (κ1) is 59.4. The number of aliphatic hydroxyl groups excluding tert-OH is 2. The van der Waals surface area contributed by atoms with Crippen LogP contribution in [0.3, 0.4) is 0 Å². The Balaban J connectivity index is 1.24. The molecule has 1 unspecified atom stereocenters. The molecule has 0 saturated heterocycles. The van der Waals surface area contributed by atoms with Crippen LogP contribution in [0.2, 0.25) is 0 Å². The van der Waals surface area contributed by atoms with E-state index >= 15 is 0 Å². The minimum Gasteiger partial charge on any atom is -0.436 e. The number of benzene rings is 2. The van der Waals surface area contributed by atoms with E-state index in [2.05, 4.69) is 62.1 Å². The van der Waals surface area contributed by atoms with Crippen LogP contribution in [0.1, 0.15) is 134 Å². The molecule has 0 saturated carbocycles. The number of H-pyrrole nitrogens is 2. The van der Waals surface area contributed by atoms with Crippen molar-refractivity contribution in [2.24, 2.45) is 10.8 Å². The Kier molecular flexibility index (Phi) is 18.7. The molecule has 4 aromatic heterocycles. The van der Waals surface area contributed by atoms with Crippen LogP contribution in [-0.2, 0) is 31.4 Å². The Bertz CT molecular complexity index is 2930. The average Bonchev–Trinajstić information content (AvgIpc) is 4.26. The summed E-state index contributed by atoms with van der Waals surface area (Å²) >= 11 is 0. The summed E-state index contributed by atoms with van der Waals surface area (Å²) in [6, 6.07) is 6.93. The molecule has 22 nitrogen and oxygen atoms in total. The number of aliphatic hydroxyl groups is 2. The lowest BCUT2D eigenvalue weighted by Gasteiger charge is -2.29. The van der Waals surface area contributed by atoms with E-state index in [1.165, 1.54) is 24.5 Å². The van der Waals surface area contributed by atoms with Gasteiger partial charge >= 0.3 is 24.5 Å². The number of rotatable bonds is 21. The van der Waals surface area contributed by atoms with Crippen LogP contribution in [0.5, 0.6) is 0 Å². The molecule has 6 aromatic rings. The van der Waals surface area contributed by atoms with E-state index in [-0.39, 0.29) is 71.2 Å². The van der Waals surface area contributed by atoms with Crippen molar-refractivity contribution in [1.82, 2.24) is 51.4 Å². The van der Waals surface area contributed by atoms with Crippen LogP contribution in [0.25, 0.3) is 22.9 Å². The van der Waals surface area contributed by atoms with Crippen molar-refractivity contribution in [3.8, 4) is 22.9 Å². The van der Waals surface area contributed by atoms with Crippen LogP contribution < -0.4 is 21.3 Å². The molecular weight excluding hydrogens is 1040 g/mol. The molecule has 4 amide bonds. The number of hydrogen-bond donors (Lipinski definition) is 8. The van der Waals surface area contributed by atoms with Crippen molar-refractivity contribution in [1.29, 1.82) is 0 Å². The summed E-state index contributed by atoms with van der Waals surface area (Å²) in [5.41, 5.74) is -3.73. The fourth-order valence-corrected chi connectivity index (χ4v) is 7.89. The highest BCUT2D eigenvalue weighted by Crippen LogP contribution is 2.41. The molecule has 0 bridgehead atoms. The molecule has 78 heavy (non-hydrogen) atoms. The van der Waals surface area contributed by atoms with Crippen molar-refractivity contribution >= 4 is 35.6 Å². The summed E-state index contributed by atoms with van der Waals surface area (Å²) in [6.07, 6.45) is -14.4. The first-order valence-corrected chi connectivity index (χ1v) is 24.5. The number of nitrogens with zero attached hydrogens (tertiary/aromatic N) is 6. The van der Waals surface area contributed by atoms with Gasteiger partial charge in [0.25, 0.3) is 23.6 Å². The molecule has 0 aliphatic rings. The van der Waals surface area contributed by atoms with Crippen molar-refractivity contribution in [2.45, 2.75) is 142 Å². The molecular formula is C50H60F6N12O10. The van der Waals surface area contributed by atoms with Crippen molar-refractivity contribution in [3.63, 3.8) is 0 Å². The van der Waals surface area contributed by atoms with Crippen LogP contribution in [0.15, 0.2) is 75.8 Å². The molecule has 0 aliphatic carbocycles. The molecule has 0 spiro atoms. The minimum atomic E-state index is -4.83. The fourth-order valence-electron chi connectivity index (χ4n) is 7.89. The van der Waals surface area contributed by atoms with Gasteiger partial charge in [0.05, 0.1) is 35.6 Å². The fraction of sp³-hybridized carbons (Fsp3) is 0.480. The number of carbonyl (C=O) groups is 4. The number of carbonyl (C=O) groups excluding carboxylic acids is 4. The summed E-state index contributed by atoms with van der Waals surface area (Å²) in [4.78, 5) is 53.7. The first-order valence-electron chi connectivity index (χ1n) is 24.5. The summed E-state index contributed by atoms with van der Waals surface area (Å²) in [5, 5.41) is 61.1. The minimum absolute atomic E-state index is 0.0120. The highest BCUT2D eigenvalue weighted by molar-refractivity contribution is 5.94. The van der Waals surface area contributed by atoms with Gasteiger partial charge in [-0.3, -0.25) is 19.8 Å². The summed E-state index contributed by atoms with van der Waals surface area (Å²) < 4.78 is 106. The second kappa shape index (κ2) is 24.6. The maximum Gasteiger partial charge on any atom is 0.416 e. The van der Waals surface area contributed by atoms with Crippen LogP contribution >= 0.6 is 0 Å². The SMILES string of the molecule is CCCC[C@H](NC(=O)O[C@@H](c1nnc(-c2ccc(C(F)(F)F)cc2C(C)CC[C@H](NC(=O)O[C@@H](c2nnc(-c3ccc(C(F)(F)F)cc3)o2)C(C)(C)C)[C@@H](O)C(=O)Nc2ccn[nH]2)o1)C(C)(C)C)[C@H](O)C(=O)Nc1ccn[nH]1. The monoisotopic (exact) mass is 1100 g/mol. The van der Waals surface area contributed by atoms with Gasteiger partial charge in [-0.15, -0.1) is 20.4 Å².